The third-order valence-corrected chi connectivity index (χ3v) is 3.41. The predicted octanol–water partition coefficient (Wildman–Crippen LogP) is 3.73. The van der Waals surface area contributed by atoms with Crippen LogP contribution in [0.5, 0.6) is 5.75 Å². The predicted molar refractivity (Wildman–Crippen MR) is 95.6 cm³/mol. The van der Waals surface area contributed by atoms with Crippen molar-refractivity contribution in [2.24, 2.45) is 0 Å². The topological polar surface area (TPSA) is 76.1 Å². The molecule has 0 bridgehead atoms. The Balaban J connectivity index is 1.95. The van der Waals surface area contributed by atoms with Crippen molar-refractivity contribution in [3.8, 4) is 5.75 Å². The molecule has 1 aromatic carbocycles. The van der Waals surface area contributed by atoms with E-state index in [1.807, 2.05) is 25.1 Å². The molecule has 0 radical (unpaired) electrons. The van der Waals surface area contributed by atoms with E-state index < -0.39 is 0 Å². The Labute approximate surface area is 142 Å². The molecule has 0 saturated carbocycles. The Hall–Kier alpha value is -2.63. The molecule has 2 rings (SSSR count). The van der Waals surface area contributed by atoms with Gasteiger partial charge in [-0.3, -0.25) is 4.79 Å². The molecule has 2 aromatic rings. The Morgan fingerprint density at radius 3 is 2.58 bits per heavy atom. The number of rotatable bonds is 9. The molecule has 128 valence electrons. The van der Waals surface area contributed by atoms with Gasteiger partial charge in [-0.25, -0.2) is 9.97 Å². The molecule has 0 fully saturated rings. The molecule has 1 aromatic heterocycles. The molecule has 0 atom stereocenters. The summed E-state index contributed by atoms with van der Waals surface area (Å²) in [4.78, 5) is 20.7. The Morgan fingerprint density at radius 1 is 1.12 bits per heavy atom. The molecule has 0 saturated heterocycles. The van der Waals surface area contributed by atoms with Gasteiger partial charge in [0.05, 0.1) is 17.9 Å². The van der Waals surface area contributed by atoms with Crippen LogP contribution in [0.1, 0.15) is 43.5 Å². The van der Waals surface area contributed by atoms with Crippen molar-refractivity contribution < 1.29 is 9.53 Å². The van der Waals surface area contributed by atoms with Crippen LogP contribution in [0.25, 0.3) is 0 Å². The first-order chi connectivity index (χ1) is 11.7. The highest BCUT2D eigenvalue weighted by molar-refractivity contribution is 6.04. The summed E-state index contributed by atoms with van der Waals surface area (Å²) in [5.41, 5.74) is 1.03. The lowest BCUT2D eigenvalue weighted by Crippen LogP contribution is -2.14. The van der Waals surface area contributed by atoms with Crippen molar-refractivity contribution in [1.82, 2.24) is 9.97 Å². The van der Waals surface area contributed by atoms with Gasteiger partial charge in [-0.2, -0.15) is 0 Å². The summed E-state index contributed by atoms with van der Waals surface area (Å²) >= 11 is 0. The van der Waals surface area contributed by atoms with Crippen LogP contribution in [0.15, 0.2) is 36.7 Å². The maximum atomic E-state index is 12.3. The maximum absolute atomic E-state index is 12.3. The highest BCUT2D eigenvalue weighted by Crippen LogP contribution is 2.24. The van der Waals surface area contributed by atoms with Crippen molar-refractivity contribution in [2.45, 2.75) is 33.1 Å². The molecule has 0 aliphatic heterocycles. The number of carbonyl (C=O) groups is 1. The summed E-state index contributed by atoms with van der Waals surface area (Å²) in [5, 5.41) is 5.97. The van der Waals surface area contributed by atoms with E-state index >= 15 is 0 Å². The first kappa shape index (κ1) is 17.7. The smallest absolute Gasteiger partial charge is 0.258 e. The third-order valence-electron chi connectivity index (χ3n) is 3.41. The summed E-state index contributed by atoms with van der Waals surface area (Å²) in [5.74, 6) is 0.917. The van der Waals surface area contributed by atoms with E-state index in [1.54, 1.807) is 6.07 Å². The van der Waals surface area contributed by atoms with Gasteiger partial charge in [0.2, 0.25) is 5.95 Å². The van der Waals surface area contributed by atoms with Gasteiger partial charge in [-0.05, 0) is 25.5 Å². The van der Waals surface area contributed by atoms with Crippen LogP contribution in [0.4, 0.5) is 11.6 Å². The molecule has 1 heterocycles. The molecule has 24 heavy (non-hydrogen) atoms. The van der Waals surface area contributed by atoms with E-state index in [-0.39, 0.29) is 5.91 Å². The summed E-state index contributed by atoms with van der Waals surface area (Å²) < 4.78 is 5.50. The lowest BCUT2D eigenvalue weighted by molar-refractivity contribution is 0.102. The molecule has 6 heteroatoms. The fourth-order valence-electron chi connectivity index (χ4n) is 2.16. The van der Waals surface area contributed by atoms with E-state index in [0.717, 1.165) is 13.0 Å². The molecule has 0 unspecified atom stereocenters. The number of hydrogen-bond acceptors (Lipinski definition) is 5. The molecule has 2 N–H and O–H groups in total. The van der Waals surface area contributed by atoms with E-state index in [9.17, 15) is 4.79 Å². The number of aromatic nitrogens is 2. The number of carbonyl (C=O) groups excluding carboxylic acids is 1. The normalized spacial score (nSPS) is 10.2. The van der Waals surface area contributed by atoms with Crippen molar-refractivity contribution in [2.75, 3.05) is 23.8 Å². The summed E-state index contributed by atoms with van der Waals surface area (Å²) in [7, 11) is 0. The first-order valence-electron chi connectivity index (χ1n) is 8.33. The molecule has 0 spiro atoms. The second kappa shape index (κ2) is 9.50. The number of para-hydroxylation sites is 2. The van der Waals surface area contributed by atoms with Crippen LogP contribution in [0.2, 0.25) is 0 Å². The summed E-state index contributed by atoms with van der Waals surface area (Å²) in [6, 6.07) is 7.33. The van der Waals surface area contributed by atoms with Gasteiger partial charge < -0.3 is 15.4 Å². The molecule has 1 amide bonds. The van der Waals surface area contributed by atoms with Crippen LogP contribution >= 0.6 is 0 Å². The zero-order chi connectivity index (χ0) is 17.2. The average Bonchev–Trinajstić information content (AvgIpc) is 2.61. The minimum atomic E-state index is -0.264. The van der Waals surface area contributed by atoms with Crippen LogP contribution in [-0.4, -0.2) is 29.0 Å². The Kier molecular flexibility index (Phi) is 7.01. The molecular formula is C18H24N4O2. The average molecular weight is 328 g/mol. The van der Waals surface area contributed by atoms with Gasteiger partial charge in [0.15, 0.2) is 0 Å². The number of hydrogen-bond donors (Lipinski definition) is 2. The van der Waals surface area contributed by atoms with Gasteiger partial charge >= 0.3 is 0 Å². The second-order valence-corrected chi connectivity index (χ2v) is 5.31. The number of benzene rings is 1. The fourth-order valence-corrected chi connectivity index (χ4v) is 2.16. The van der Waals surface area contributed by atoms with Crippen LogP contribution in [-0.2, 0) is 0 Å². The van der Waals surface area contributed by atoms with Gasteiger partial charge in [-0.15, -0.1) is 0 Å². The Bertz CT molecular complexity index is 644. The number of nitrogens with one attached hydrogen (secondary N) is 2. The first-order valence-corrected chi connectivity index (χ1v) is 8.33. The van der Waals surface area contributed by atoms with E-state index in [4.69, 9.17) is 4.74 Å². The lowest BCUT2D eigenvalue weighted by atomic mass is 10.2. The van der Waals surface area contributed by atoms with Crippen molar-refractivity contribution >= 4 is 17.5 Å². The zero-order valence-corrected chi connectivity index (χ0v) is 14.2. The monoisotopic (exact) mass is 328 g/mol. The SMILES string of the molecule is CCCCCNc1ncc(C(=O)Nc2ccccc2OCC)cn1. The van der Waals surface area contributed by atoms with E-state index in [2.05, 4.69) is 27.5 Å². The van der Waals surface area contributed by atoms with Crippen LogP contribution < -0.4 is 15.4 Å². The van der Waals surface area contributed by atoms with E-state index in [1.165, 1.54) is 25.2 Å². The van der Waals surface area contributed by atoms with E-state index in [0.29, 0.717) is 29.6 Å². The largest absolute Gasteiger partial charge is 0.492 e. The fraction of sp³-hybridized carbons (Fsp3) is 0.389. The number of anilines is 2. The van der Waals surface area contributed by atoms with Gasteiger partial charge in [0.1, 0.15) is 5.75 Å². The minimum absolute atomic E-state index is 0.264. The maximum Gasteiger partial charge on any atom is 0.258 e. The summed E-state index contributed by atoms with van der Waals surface area (Å²) in [6.07, 6.45) is 6.47. The Morgan fingerprint density at radius 2 is 1.88 bits per heavy atom. The van der Waals surface area contributed by atoms with Crippen LogP contribution in [0.3, 0.4) is 0 Å². The second-order valence-electron chi connectivity index (χ2n) is 5.31. The molecule has 0 aliphatic rings. The minimum Gasteiger partial charge on any atom is -0.492 e. The van der Waals surface area contributed by atoms with Gasteiger partial charge in [0.25, 0.3) is 5.91 Å². The lowest BCUT2D eigenvalue weighted by Gasteiger charge is -2.11. The van der Waals surface area contributed by atoms with Crippen LogP contribution in [0, 0.1) is 0 Å². The quantitative estimate of drug-likeness (QED) is 0.686. The van der Waals surface area contributed by atoms with Crippen molar-refractivity contribution in [3.63, 3.8) is 0 Å². The highest BCUT2D eigenvalue weighted by atomic mass is 16.5. The van der Waals surface area contributed by atoms with Crippen molar-refractivity contribution in [3.05, 3.63) is 42.2 Å². The summed E-state index contributed by atoms with van der Waals surface area (Å²) in [6.45, 7) is 5.43. The zero-order valence-electron chi connectivity index (χ0n) is 14.2. The van der Waals surface area contributed by atoms with Crippen molar-refractivity contribution in [1.29, 1.82) is 0 Å². The standard InChI is InChI=1S/C18H24N4O2/c1-3-5-8-11-19-18-20-12-14(13-21-18)17(23)22-15-9-6-7-10-16(15)24-4-2/h6-7,9-10,12-13H,3-5,8,11H2,1-2H3,(H,22,23)(H,19,20,21). The molecule has 0 aliphatic carbocycles. The number of amides is 1. The highest BCUT2D eigenvalue weighted by Gasteiger charge is 2.10. The molecular weight excluding hydrogens is 304 g/mol. The molecule has 6 nitrogen and oxygen atoms in total. The number of nitrogens with zero attached hydrogens (tertiary/aromatic N) is 2. The number of unbranched alkanes of at least 4 members (excludes halogenated alkanes) is 2. The van der Waals surface area contributed by atoms with Gasteiger partial charge in [0, 0.05) is 18.9 Å². The third kappa shape index (κ3) is 5.22. The number of ether oxygens (including phenoxy) is 1. The van der Waals surface area contributed by atoms with Gasteiger partial charge in [-0.1, -0.05) is 31.9 Å².